The molecule has 122 valence electrons. The van der Waals surface area contributed by atoms with Gasteiger partial charge in [-0.15, -0.1) is 0 Å². The van der Waals surface area contributed by atoms with Crippen LogP contribution in [0.1, 0.15) is 25.7 Å². The van der Waals surface area contributed by atoms with Crippen molar-refractivity contribution >= 4 is 11.6 Å². The number of hydrogen-bond acceptors (Lipinski definition) is 4. The van der Waals surface area contributed by atoms with E-state index in [0.29, 0.717) is 36.8 Å². The lowest BCUT2D eigenvalue weighted by Gasteiger charge is -2.26. The molecule has 0 aliphatic carbocycles. The molecule has 0 unspecified atom stereocenters. The molecule has 1 aromatic carbocycles. The van der Waals surface area contributed by atoms with Crippen molar-refractivity contribution in [1.82, 2.24) is 4.90 Å². The Balaban J connectivity index is 0.00000176. The number of benzene rings is 1. The summed E-state index contributed by atoms with van der Waals surface area (Å²) < 4.78 is 11.1. The van der Waals surface area contributed by atoms with Gasteiger partial charge in [-0.3, -0.25) is 4.79 Å². The van der Waals surface area contributed by atoms with Crippen LogP contribution in [0.2, 0.25) is 0 Å². The average Bonchev–Trinajstić information content (AvgIpc) is 2.54. The molecule has 22 heavy (non-hydrogen) atoms. The minimum atomic E-state index is 0. The molecule has 2 aliphatic rings. The molecule has 2 heterocycles. The van der Waals surface area contributed by atoms with E-state index in [0.717, 1.165) is 19.6 Å². The van der Waals surface area contributed by atoms with Crippen LogP contribution in [-0.4, -0.2) is 43.7 Å². The van der Waals surface area contributed by atoms with Crippen LogP contribution in [0.4, 0.5) is 5.69 Å². The number of fused-ring (bicyclic) bond motifs is 1. The van der Waals surface area contributed by atoms with Crippen molar-refractivity contribution in [2.24, 2.45) is 0 Å². The number of anilines is 1. The van der Waals surface area contributed by atoms with Gasteiger partial charge in [-0.2, -0.15) is 0 Å². The maximum absolute atomic E-state index is 12.1. The van der Waals surface area contributed by atoms with Gasteiger partial charge in [0.25, 0.3) is 0 Å². The minimum Gasteiger partial charge on any atom is -1.00 e. The quantitative estimate of drug-likeness (QED) is 0.793. The number of piperidine rings is 1. The third-order valence-corrected chi connectivity index (χ3v) is 3.94. The first-order valence-electron chi connectivity index (χ1n) is 7.74. The first-order valence-corrected chi connectivity index (χ1v) is 7.74. The van der Waals surface area contributed by atoms with E-state index in [1.54, 1.807) is 0 Å². The highest BCUT2D eigenvalue weighted by Crippen LogP contribution is 2.37. The maximum atomic E-state index is 12.1. The molecule has 1 fully saturated rings. The smallest absolute Gasteiger partial charge is 0.225 e. The Morgan fingerprint density at radius 3 is 2.73 bits per heavy atom. The third kappa shape index (κ3) is 4.27. The predicted molar refractivity (Wildman–Crippen MR) is 81.0 cm³/mol. The van der Waals surface area contributed by atoms with Gasteiger partial charge in [-0.25, -0.2) is 0 Å². The number of rotatable bonds is 4. The number of carbonyl (C=O) groups excluding carboxylic acids is 1. The lowest BCUT2D eigenvalue weighted by molar-refractivity contribution is -0.116. The molecule has 0 atom stereocenters. The zero-order chi connectivity index (χ0) is 14.5. The fourth-order valence-electron chi connectivity index (χ4n) is 2.83. The van der Waals surface area contributed by atoms with Gasteiger partial charge in [0.2, 0.25) is 5.91 Å². The Kier molecular flexibility index (Phi) is 6.34. The van der Waals surface area contributed by atoms with Crippen molar-refractivity contribution in [2.45, 2.75) is 25.7 Å². The van der Waals surface area contributed by atoms with Crippen LogP contribution in [0.15, 0.2) is 18.2 Å². The molecular weight excluding hydrogens is 304 g/mol. The number of hydrogen-bond donors (Lipinski definition) is 1. The van der Waals surface area contributed by atoms with Crippen molar-refractivity contribution in [3.63, 3.8) is 0 Å². The molecule has 1 saturated heterocycles. The number of ether oxygens (including phenoxy) is 2. The Morgan fingerprint density at radius 1 is 1.14 bits per heavy atom. The monoisotopic (exact) mass is 325 g/mol. The number of nitrogens with zero attached hydrogens (tertiary/aromatic N) is 1. The van der Waals surface area contributed by atoms with E-state index in [1.807, 2.05) is 18.2 Å². The van der Waals surface area contributed by atoms with Crippen LogP contribution in [0.5, 0.6) is 11.5 Å². The van der Waals surface area contributed by atoms with Crippen molar-refractivity contribution < 1.29 is 26.7 Å². The molecule has 1 amide bonds. The first kappa shape index (κ1) is 16.9. The highest BCUT2D eigenvalue weighted by Gasteiger charge is 2.17. The van der Waals surface area contributed by atoms with E-state index in [2.05, 4.69) is 10.2 Å². The number of nitrogens with one attached hydrogen (secondary N) is 1. The normalized spacial score (nSPS) is 17.5. The summed E-state index contributed by atoms with van der Waals surface area (Å²) in [5, 5.41) is 2.94. The van der Waals surface area contributed by atoms with E-state index in [9.17, 15) is 4.79 Å². The van der Waals surface area contributed by atoms with Gasteiger partial charge < -0.3 is 32.1 Å². The van der Waals surface area contributed by atoms with E-state index in [4.69, 9.17) is 9.47 Å². The summed E-state index contributed by atoms with van der Waals surface area (Å²) in [6.07, 6.45) is 4.33. The molecular formula is C16H22ClN2O3-. The Labute approximate surface area is 137 Å². The highest BCUT2D eigenvalue weighted by molar-refractivity contribution is 5.93. The van der Waals surface area contributed by atoms with Crippen molar-refractivity contribution in [3.8, 4) is 11.5 Å². The largest absolute Gasteiger partial charge is 1.00 e. The molecule has 2 aliphatic heterocycles. The Morgan fingerprint density at radius 2 is 1.91 bits per heavy atom. The molecule has 1 aromatic rings. The van der Waals surface area contributed by atoms with E-state index in [1.165, 1.54) is 19.3 Å². The zero-order valence-corrected chi connectivity index (χ0v) is 13.4. The summed E-state index contributed by atoms with van der Waals surface area (Å²) in [4.78, 5) is 14.5. The summed E-state index contributed by atoms with van der Waals surface area (Å²) >= 11 is 0. The van der Waals surface area contributed by atoms with Gasteiger partial charge in [-0.05, 0) is 38.1 Å². The fourth-order valence-corrected chi connectivity index (χ4v) is 2.83. The standard InChI is InChI=1S/C16H22N2O3.ClH/c19-15(7-10-18-8-2-1-3-9-18)17-13-5-4-6-14-16(13)21-12-11-20-14;/h4-6H,1-3,7-12H2,(H,17,19);1H/p-1. The van der Waals surface area contributed by atoms with Gasteiger partial charge >= 0.3 is 0 Å². The minimum absolute atomic E-state index is 0. The molecule has 0 aromatic heterocycles. The van der Waals surface area contributed by atoms with Gasteiger partial charge in [0.15, 0.2) is 11.5 Å². The second kappa shape index (κ2) is 8.25. The molecule has 5 nitrogen and oxygen atoms in total. The Hall–Kier alpha value is -1.46. The topological polar surface area (TPSA) is 50.8 Å². The molecule has 6 heteroatoms. The number of halogens is 1. The number of para-hydroxylation sites is 1. The maximum Gasteiger partial charge on any atom is 0.225 e. The van der Waals surface area contributed by atoms with Gasteiger partial charge in [0.1, 0.15) is 13.2 Å². The summed E-state index contributed by atoms with van der Waals surface area (Å²) in [5.74, 6) is 1.38. The van der Waals surface area contributed by atoms with Gasteiger partial charge in [0, 0.05) is 13.0 Å². The van der Waals surface area contributed by atoms with Crippen LogP contribution >= 0.6 is 0 Å². The summed E-state index contributed by atoms with van der Waals surface area (Å²) in [6, 6.07) is 5.58. The second-order valence-electron chi connectivity index (χ2n) is 5.53. The molecule has 0 saturated carbocycles. The van der Waals surface area contributed by atoms with Crippen molar-refractivity contribution in [2.75, 3.05) is 38.2 Å². The average molecular weight is 326 g/mol. The number of carbonyl (C=O) groups is 1. The van der Waals surface area contributed by atoms with Crippen LogP contribution in [0.25, 0.3) is 0 Å². The summed E-state index contributed by atoms with van der Waals surface area (Å²) in [6.45, 7) is 4.14. The molecule has 3 rings (SSSR count). The Bertz CT molecular complexity index is 504. The molecule has 1 N–H and O–H groups in total. The van der Waals surface area contributed by atoms with Crippen LogP contribution in [0.3, 0.4) is 0 Å². The van der Waals surface area contributed by atoms with E-state index < -0.39 is 0 Å². The van der Waals surface area contributed by atoms with Crippen molar-refractivity contribution in [1.29, 1.82) is 0 Å². The SMILES string of the molecule is O=C(CCN1CCCCC1)Nc1cccc2c1OCCO2.[Cl-]. The highest BCUT2D eigenvalue weighted by atomic mass is 35.5. The van der Waals surface area contributed by atoms with Crippen LogP contribution in [-0.2, 0) is 4.79 Å². The fraction of sp³-hybridized carbons (Fsp3) is 0.562. The van der Waals surface area contributed by atoms with E-state index >= 15 is 0 Å². The van der Waals surface area contributed by atoms with Gasteiger partial charge in [-0.1, -0.05) is 12.5 Å². The summed E-state index contributed by atoms with van der Waals surface area (Å²) in [5.41, 5.74) is 0.704. The summed E-state index contributed by atoms with van der Waals surface area (Å²) in [7, 11) is 0. The molecule has 0 spiro atoms. The van der Waals surface area contributed by atoms with Crippen molar-refractivity contribution in [3.05, 3.63) is 18.2 Å². The van der Waals surface area contributed by atoms with E-state index in [-0.39, 0.29) is 18.3 Å². The van der Waals surface area contributed by atoms with Crippen LogP contribution < -0.4 is 27.2 Å². The first-order chi connectivity index (χ1) is 10.3. The third-order valence-electron chi connectivity index (χ3n) is 3.94. The lowest BCUT2D eigenvalue weighted by atomic mass is 10.1. The molecule has 0 radical (unpaired) electrons. The number of likely N-dealkylation sites (tertiary alicyclic amines) is 1. The molecule has 0 bridgehead atoms. The second-order valence-corrected chi connectivity index (χ2v) is 5.53. The lowest BCUT2D eigenvalue weighted by Crippen LogP contribution is -3.00. The number of amides is 1. The van der Waals surface area contributed by atoms with Gasteiger partial charge in [0.05, 0.1) is 5.69 Å². The zero-order valence-electron chi connectivity index (χ0n) is 12.6. The predicted octanol–water partition coefficient (Wildman–Crippen LogP) is -0.724. The van der Waals surface area contributed by atoms with Crippen LogP contribution in [0, 0.1) is 0 Å².